The maximum atomic E-state index is 12.3. The molecule has 25 heavy (non-hydrogen) atoms. The number of carbonyl (C=O) groups excluding carboxylic acids is 1. The molecule has 0 saturated heterocycles. The summed E-state index contributed by atoms with van der Waals surface area (Å²) in [6.45, 7) is 10.7. The van der Waals surface area contributed by atoms with Crippen molar-refractivity contribution in [2.24, 2.45) is 0 Å². The van der Waals surface area contributed by atoms with Gasteiger partial charge in [0.15, 0.2) is 0 Å². The van der Waals surface area contributed by atoms with Gasteiger partial charge in [-0.25, -0.2) is 0 Å². The summed E-state index contributed by atoms with van der Waals surface area (Å²) < 4.78 is 7.20. The Hall–Kier alpha value is -2.61. The molecule has 132 valence electrons. The van der Waals surface area contributed by atoms with Crippen molar-refractivity contribution in [3.05, 3.63) is 49.6 Å². The van der Waals surface area contributed by atoms with Crippen LogP contribution >= 0.6 is 11.8 Å². The molecular formula is C17H21N5O2S. The summed E-state index contributed by atoms with van der Waals surface area (Å²) in [4.78, 5) is 14.0. The molecule has 1 aromatic carbocycles. The summed E-state index contributed by atoms with van der Waals surface area (Å²) in [6.07, 6.45) is 3.38. The molecule has 8 heteroatoms. The fraction of sp³-hybridized carbons (Fsp3) is 0.294. The van der Waals surface area contributed by atoms with Crippen LogP contribution in [0.3, 0.4) is 0 Å². The number of thioether (sulfide) groups is 1. The summed E-state index contributed by atoms with van der Waals surface area (Å²) in [6, 6.07) is 7.50. The van der Waals surface area contributed by atoms with Crippen molar-refractivity contribution in [3.8, 4) is 11.4 Å². The van der Waals surface area contributed by atoms with E-state index in [-0.39, 0.29) is 11.7 Å². The third kappa shape index (κ3) is 4.93. The molecule has 0 aliphatic heterocycles. The first-order valence-electron chi connectivity index (χ1n) is 7.84. The summed E-state index contributed by atoms with van der Waals surface area (Å²) in [5.41, 5.74) is 0.735. The molecule has 2 aromatic rings. The normalized spacial score (nSPS) is 10.3. The Morgan fingerprint density at radius 3 is 2.72 bits per heavy atom. The third-order valence-corrected chi connectivity index (χ3v) is 4.11. The van der Waals surface area contributed by atoms with E-state index < -0.39 is 0 Å². The van der Waals surface area contributed by atoms with Gasteiger partial charge in [-0.1, -0.05) is 36.0 Å². The van der Waals surface area contributed by atoms with Gasteiger partial charge in [0.25, 0.3) is 0 Å². The zero-order valence-electron chi connectivity index (χ0n) is 14.2. The lowest BCUT2D eigenvalue weighted by molar-refractivity contribution is -0.127. The van der Waals surface area contributed by atoms with E-state index in [4.69, 9.17) is 4.74 Å². The summed E-state index contributed by atoms with van der Waals surface area (Å²) in [7, 11) is 0. The van der Waals surface area contributed by atoms with Crippen molar-refractivity contribution in [2.45, 2.75) is 12.1 Å². The SMILES string of the molecule is C=CCN(CC=C)C(=O)CSc1nnnn1-c1ccccc1OCC. The molecule has 0 spiro atoms. The van der Waals surface area contributed by atoms with Crippen molar-refractivity contribution in [2.75, 3.05) is 25.4 Å². The van der Waals surface area contributed by atoms with E-state index in [0.717, 1.165) is 5.69 Å². The number of carbonyl (C=O) groups is 1. The van der Waals surface area contributed by atoms with E-state index in [9.17, 15) is 4.79 Å². The number of ether oxygens (including phenoxy) is 1. The van der Waals surface area contributed by atoms with Crippen LogP contribution in [0.2, 0.25) is 0 Å². The molecule has 7 nitrogen and oxygen atoms in total. The minimum absolute atomic E-state index is 0.0301. The van der Waals surface area contributed by atoms with Gasteiger partial charge in [0.1, 0.15) is 11.4 Å². The lowest BCUT2D eigenvalue weighted by Crippen LogP contribution is -2.32. The fourth-order valence-corrected chi connectivity index (χ4v) is 2.92. The largest absolute Gasteiger partial charge is 0.492 e. The lowest BCUT2D eigenvalue weighted by atomic mass is 10.3. The van der Waals surface area contributed by atoms with Gasteiger partial charge < -0.3 is 9.64 Å². The van der Waals surface area contributed by atoms with Gasteiger partial charge in [-0.15, -0.1) is 18.3 Å². The van der Waals surface area contributed by atoms with Crippen LogP contribution in [0.5, 0.6) is 5.75 Å². The monoisotopic (exact) mass is 359 g/mol. The first-order valence-corrected chi connectivity index (χ1v) is 8.82. The average molecular weight is 359 g/mol. The van der Waals surface area contributed by atoms with Crippen molar-refractivity contribution in [1.82, 2.24) is 25.1 Å². The Labute approximate surface area is 151 Å². The quantitative estimate of drug-likeness (QED) is 0.479. The molecule has 0 atom stereocenters. The Kier molecular flexibility index (Phi) is 7.21. The zero-order chi connectivity index (χ0) is 18.1. The van der Waals surface area contributed by atoms with Gasteiger partial charge in [0, 0.05) is 13.1 Å². The predicted octanol–water partition coefficient (Wildman–Crippen LogP) is 2.35. The first-order chi connectivity index (χ1) is 12.2. The maximum absolute atomic E-state index is 12.3. The van der Waals surface area contributed by atoms with Gasteiger partial charge in [-0.2, -0.15) is 4.68 Å². The number of benzene rings is 1. The zero-order valence-corrected chi connectivity index (χ0v) is 15.0. The number of nitrogens with zero attached hydrogens (tertiary/aromatic N) is 5. The molecule has 0 unspecified atom stereocenters. The number of hydrogen-bond donors (Lipinski definition) is 0. The summed E-state index contributed by atoms with van der Waals surface area (Å²) in [5.74, 6) is 0.877. The van der Waals surface area contributed by atoms with Crippen LogP contribution in [-0.4, -0.2) is 56.5 Å². The van der Waals surface area contributed by atoms with Crippen LogP contribution in [0.25, 0.3) is 5.69 Å². The highest BCUT2D eigenvalue weighted by Crippen LogP contribution is 2.26. The van der Waals surface area contributed by atoms with E-state index in [2.05, 4.69) is 28.7 Å². The van der Waals surface area contributed by atoms with E-state index in [0.29, 0.717) is 30.6 Å². The lowest BCUT2D eigenvalue weighted by Gasteiger charge is -2.18. The van der Waals surface area contributed by atoms with E-state index in [1.165, 1.54) is 11.8 Å². The molecule has 1 amide bonds. The number of amides is 1. The molecule has 0 fully saturated rings. The van der Waals surface area contributed by atoms with Crippen LogP contribution < -0.4 is 4.74 Å². The molecule has 0 N–H and O–H groups in total. The van der Waals surface area contributed by atoms with Crippen LogP contribution in [0, 0.1) is 0 Å². The van der Waals surface area contributed by atoms with Gasteiger partial charge in [-0.3, -0.25) is 4.79 Å². The van der Waals surface area contributed by atoms with E-state index >= 15 is 0 Å². The van der Waals surface area contributed by atoms with Crippen molar-refractivity contribution >= 4 is 17.7 Å². The molecule has 0 radical (unpaired) electrons. The smallest absolute Gasteiger partial charge is 0.233 e. The summed E-state index contributed by atoms with van der Waals surface area (Å²) in [5, 5.41) is 12.3. The second-order valence-electron chi connectivity index (χ2n) is 4.94. The second kappa shape index (κ2) is 9.63. The van der Waals surface area contributed by atoms with Crippen molar-refractivity contribution in [3.63, 3.8) is 0 Å². The summed E-state index contributed by atoms with van der Waals surface area (Å²) >= 11 is 1.27. The molecular weight excluding hydrogens is 338 g/mol. The van der Waals surface area contributed by atoms with E-state index in [1.807, 2.05) is 31.2 Å². The van der Waals surface area contributed by atoms with Gasteiger partial charge >= 0.3 is 0 Å². The molecule has 0 bridgehead atoms. The number of hydrogen-bond acceptors (Lipinski definition) is 6. The highest BCUT2D eigenvalue weighted by Gasteiger charge is 2.17. The Morgan fingerprint density at radius 1 is 1.32 bits per heavy atom. The Bertz CT molecular complexity index is 721. The fourth-order valence-electron chi connectivity index (χ4n) is 2.14. The second-order valence-corrected chi connectivity index (χ2v) is 5.88. The molecule has 0 aliphatic rings. The molecule has 0 saturated carbocycles. The van der Waals surface area contributed by atoms with Crippen molar-refractivity contribution < 1.29 is 9.53 Å². The average Bonchev–Trinajstić information content (AvgIpc) is 3.08. The van der Waals surface area contributed by atoms with Gasteiger partial charge in [0.05, 0.1) is 12.4 Å². The van der Waals surface area contributed by atoms with Crippen LogP contribution in [0.15, 0.2) is 54.7 Å². The number of aromatic nitrogens is 4. The Balaban J connectivity index is 2.13. The number of rotatable bonds is 10. The third-order valence-electron chi connectivity index (χ3n) is 3.21. The number of para-hydroxylation sites is 2. The van der Waals surface area contributed by atoms with Crippen LogP contribution in [0.1, 0.15) is 6.92 Å². The Morgan fingerprint density at radius 2 is 2.04 bits per heavy atom. The molecule has 2 rings (SSSR count). The maximum Gasteiger partial charge on any atom is 0.233 e. The minimum Gasteiger partial charge on any atom is -0.492 e. The highest BCUT2D eigenvalue weighted by atomic mass is 32.2. The first kappa shape index (κ1) is 18.7. The molecule has 1 heterocycles. The molecule has 0 aliphatic carbocycles. The predicted molar refractivity (Wildman–Crippen MR) is 98.0 cm³/mol. The van der Waals surface area contributed by atoms with Crippen LogP contribution in [-0.2, 0) is 4.79 Å². The van der Waals surface area contributed by atoms with Gasteiger partial charge in [-0.05, 0) is 29.5 Å². The van der Waals surface area contributed by atoms with Gasteiger partial charge in [0.2, 0.25) is 11.1 Å². The van der Waals surface area contributed by atoms with Crippen molar-refractivity contribution in [1.29, 1.82) is 0 Å². The standard InChI is InChI=1S/C17H21N5O2S/c1-4-11-21(12-5-2)16(23)13-25-17-18-19-20-22(17)14-9-7-8-10-15(14)24-6-3/h4-5,7-10H,1-2,6,11-13H2,3H3. The molecule has 1 aromatic heterocycles. The highest BCUT2D eigenvalue weighted by molar-refractivity contribution is 7.99. The topological polar surface area (TPSA) is 73.1 Å². The number of tetrazole rings is 1. The minimum atomic E-state index is -0.0301. The van der Waals surface area contributed by atoms with Crippen LogP contribution in [0.4, 0.5) is 0 Å². The van der Waals surface area contributed by atoms with E-state index in [1.54, 1.807) is 21.7 Å².